The number of hydrogen-bond acceptors (Lipinski definition) is 3. The van der Waals surface area contributed by atoms with Crippen molar-refractivity contribution < 1.29 is 5.11 Å². The van der Waals surface area contributed by atoms with E-state index in [1.165, 1.54) is 0 Å². The van der Waals surface area contributed by atoms with Crippen molar-refractivity contribution in [2.75, 3.05) is 0 Å². The molecule has 0 saturated heterocycles. The van der Waals surface area contributed by atoms with Crippen molar-refractivity contribution in [1.29, 1.82) is 0 Å². The molecule has 86 valence electrons. The van der Waals surface area contributed by atoms with Gasteiger partial charge in [-0.3, -0.25) is 0 Å². The van der Waals surface area contributed by atoms with Gasteiger partial charge in [0, 0.05) is 17.5 Å². The number of aryl methyl sites for hydroxylation is 1. The summed E-state index contributed by atoms with van der Waals surface area (Å²) in [6.07, 6.45) is 2.51. The van der Waals surface area contributed by atoms with Crippen LogP contribution in [0.3, 0.4) is 0 Å². The topological polar surface area (TPSA) is 45.5 Å². The van der Waals surface area contributed by atoms with Gasteiger partial charge >= 0.3 is 0 Å². The van der Waals surface area contributed by atoms with Gasteiger partial charge in [-0.05, 0) is 30.7 Å². The van der Waals surface area contributed by atoms with Crippen molar-refractivity contribution >= 4 is 12.0 Å². The molecular weight excluding hydrogens is 212 g/mol. The summed E-state index contributed by atoms with van der Waals surface area (Å²) in [5.74, 6) is 0.885. The smallest absolute Gasteiger partial charge is 0.152 e. The monoisotopic (exact) mass is 226 g/mol. The average molecular weight is 226 g/mol. The third-order valence-corrected chi connectivity index (χ3v) is 2.43. The maximum atomic E-state index is 9.58. The van der Waals surface area contributed by atoms with Crippen LogP contribution in [0.2, 0.25) is 0 Å². The maximum Gasteiger partial charge on any atom is 0.152 e. The molecule has 2 rings (SSSR count). The minimum absolute atomic E-state index is 0.225. The maximum absolute atomic E-state index is 9.58. The first-order valence-corrected chi connectivity index (χ1v) is 5.57. The highest BCUT2D eigenvalue weighted by Crippen LogP contribution is 2.15. The van der Waals surface area contributed by atoms with Crippen LogP contribution in [0, 0.1) is 0 Å². The van der Waals surface area contributed by atoms with E-state index in [0.717, 1.165) is 12.1 Å². The van der Waals surface area contributed by atoms with Gasteiger partial charge in [-0.2, -0.15) is 0 Å². The van der Waals surface area contributed by atoms with Crippen LogP contribution >= 0.6 is 0 Å². The number of phenols is 1. The Balaban J connectivity index is 2.23. The average Bonchev–Trinajstić information content (AvgIpc) is 2.38. The van der Waals surface area contributed by atoms with Crippen LogP contribution < -0.4 is 0 Å². The summed E-state index contributed by atoms with van der Waals surface area (Å²) in [7, 11) is 0. The summed E-state index contributed by atoms with van der Waals surface area (Å²) >= 11 is 0. The van der Waals surface area contributed by atoms with E-state index in [1.807, 2.05) is 30.3 Å². The highest BCUT2D eigenvalue weighted by molar-refractivity contribution is 5.84. The minimum Gasteiger partial charge on any atom is -0.507 e. The SMILES string of the molecule is CCc1cccc(/N=C/c2ccccc2O)n1. The van der Waals surface area contributed by atoms with Crippen molar-refractivity contribution in [3.05, 3.63) is 53.7 Å². The van der Waals surface area contributed by atoms with Gasteiger partial charge in [-0.15, -0.1) is 0 Å². The predicted octanol–water partition coefficient (Wildman–Crippen LogP) is 3.10. The number of aliphatic imine (C=N–C) groups is 1. The fourth-order valence-corrected chi connectivity index (χ4v) is 1.47. The van der Waals surface area contributed by atoms with E-state index in [-0.39, 0.29) is 5.75 Å². The molecule has 0 spiro atoms. The Morgan fingerprint density at radius 2 is 2.00 bits per heavy atom. The number of hydrogen-bond donors (Lipinski definition) is 1. The Bertz CT molecular complexity index is 535. The first kappa shape index (κ1) is 11.3. The first-order valence-electron chi connectivity index (χ1n) is 5.57. The molecule has 0 aliphatic heterocycles. The second kappa shape index (κ2) is 5.25. The van der Waals surface area contributed by atoms with Crippen LogP contribution in [-0.4, -0.2) is 16.3 Å². The fourth-order valence-electron chi connectivity index (χ4n) is 1.47. The summed E-state index contributed by atoms with van der Waals surface area (Å²) in [5, 5.41) is 9.58. The van der Waals surface area contributed by atoms with E-state index in [2.05, 4.69) is 16.9 Å². The zero-order valence-corrected chi connectivity index (χ0v) is 9.67. The highest BCUT2D eigenvalue weighted by Gasteiger charge is 1.96. The quantitative estimate of drug-likeness (QED) is 0.817. The third kappa shape index (κ3) is 2.91. The predicted molar refractivity (Wildman–Crippen MR) is 69.0 cm³/mol. The number of benzene rings is 1. The second-order valence-corrected chi connectivity index (χ2v) is 3.66. The lowest BCUT2D eigenvalue weighted by Crippen LogP contribution is -1.86. The molecule has 17 heavy (non-hydrogen) atoms. The lowest BCUT2D eigenvalue weighted by Gasteiger charge is -1.98. The summed E-state index contributed by atoms with van der Waals surface area (Å²) in [5.41, 5.74) is 1.70. The number of para-hydroxylation sites is 1. The number of rotatable bonds is 3. The van der Waals surface area contributed by atoms with Gasteiger partial charge in [-0.25, -0.2) is 9.98 Å². The van der Waals surface area contributed by atoms with Crippen LogP contribution in [0.5, 0.6) is 5.75 Å². The number of aromatic nitrogens is 1. The second-order valence-electron chi connectivity index (χ2n) is 3.66. The number of nitrogens with zero attached hydrogens (tertiary/aromatic N) is 2. The van der Waals surface area contributed by atoms with E-state index >= 15 is 0 Å². The third-order valence-electron chi connectivity index (χ3n) is 2.43. The van der Waals surface area contributed by atoms with E-state index < -0.39 is 0 Å². The van der Waals surface area contributed by atoms with Crippen LogP contribution in [0.15, 0.2) is 47.5 Å². The number of aromatic hydroxyl groups is 1. The molecular formula is C14H14N2O. The standard InChI is InChI=1S/C14H14N2O/c1-2-12-7-5-9-14(16-12)15-10-11-6-3-4-8-13(11)17/h3-10,17H,2H2,1H3/b15-10+. The van der Waals surface area contributed by atoms with Crippen molar-refractivity contribution in [2.45, 2.75) is 13.3 Å². The van der Waals surface area contributed by atoms with Gasteiger partial charge < -0.3 is 5.11 Å². The van der Waals surface area contributed by atoms with Crippen molar-refractivity contribution in [1.82, 2.24) is 4.98 Å². The van der Waals surface area contributed by atoms with Crippen LogP contribution in [0.4, 0.5) is 5.82 Å². The summed E-state index contributed by atoms with van der Waals surface area (Å²) < 4.78 is 0. The number of pyridine rings is 1. The Morgan fingerprint density at radius 3 is 2.76 bits per heavy atom. The Hall–Kier alpha value is -2.16. The van der Waals surface area contributed by atoms with Gasteiger partial charge in [-0.1, -0.05) is 25.1 Å². The van der Waals surface area contributed by atoms with Gasteiger partial charge in [0.25, 0.3) is 0 Å². The summed E-state index contributed by atoms with van der Waals surface area (Å²) in [6, 6.07) is 12.8. The van der Waals surface area contributed by atoms with Gasteiger partial charge in [0.05, 0.1) is 0 Å². The van der Waals surface area contributed by atoms with Crippen molar-refractivity contribution in [3.8, 4) is 5.75 Å². The zero-order chi connectivity index (χ0) is 12.1. The highest BCUT2D eigenvalue weighted by atomic mass is 16.3. The Kier molecular flexibility index (Phi) is 3.50. The molecule has 0 amide bonds. The van der Waals surface area contributed by atoms with Crippen molar-refractivity contribution in [2.24, 2.45) is 4.99 Å². The Morgan fingerprint density at radius 1 is 1.18 bits per heavy atom. The molecule has 0 unspecified atom stereocenters. The zero-order valence-electron chi connectivity index (χ0n) is 9.67. The Labute approximate surface area is 100 Å². The van der Waals surface area contributed by atoms with Crippen LogP contribution in [0.25, 0.3) is 0 Å². The van der Waals surface area contributed by atoms with E-state index in [1.54, 1.807) is 18.3 Å². The molecule has 3 heteroatoms. The minimum atomic E-state index is 0.225. The van der Waals surface area contributed by atoms with Crippen LogP contribution in [0.1, 0.15) is 18.2 Å². The summed E-state index contributed by atoms with van der Waals surface area (Å²) in [4.78, 5) is 8.61. The molecule has 1 aromatic carbocycles. The number of phenolic OH excluding ortho intramolecular Hbond substituents is 1. The molecule has 0 atom stereocenters. The van der Waals surface area contributed by atoms with E-state index in [9.17, 15) is 5.11 Å². The molecule has 0 fully saturated rings. The molecule has 3 nitrogen and oxygen atoms in total. The van der Waals surface area contributed by atoms with E-state index in [0.29, 0.717) is 11.4 Å². The molecule has 0 radical (unpaired) electrons. The molecule has 1 aromatic heterocycles. The molecule has 0 aliphatic carbocycles. The van der Waals surface area contributed by atoms with E-state index in [4.69, 9.17) is 0 Å². The fraction of sp³-hybridized carbons (Fsp3) is 0.143. The summed E-state index contributed by atoms with van der Waals surface area (Å²) in [6.45, 7) is 2.05. The lowest BCUT2D eigenvalue weighted by atomic mass is 10.2. The molecule has 0 aliphatic rings. The van der Waals surface area contributed by atoms with Crippen molar-refractivity contribution in [3.63, 3.8) is 0 Å². The largest absolute Gasteiger partial charge is 0.507 e. The van der Waals surface area contributed by atoms with Gasteiger partial charge in [0.1, 0.15) is 5.75 Å². The van der Waals surface area contributed by atoms with Gasteiger partial charge in [0.15, 0.2) is 5.82 Å². The first-order chi connectivity index (χ1) is 8.29. The normalized spacial score (nSPS) is 10.9. The molecule has 1 N–H and O–H groups in total. The molecule has 2 aromatic rings. The lowest BCUT2D eigenvalue weighted by molar-refractivity contribution is 0.474. The molecule has 1 heterocycles. The van der Waals surface area contributed by atoms with Gasteiger partial charge in [0.2, 0.25) is 0 Å². The molecule has 0 bridgehead atoms. The van der Waals surface area contributed by atoms with Crippen LogP contribution in [-0.2, 0) is 6.42 Å². The molecule has 0 saturated carbocycles.